The summed E-state index contributed by atoms with van der Waals surface area (Å²) >= 11 is 0. The average molecular weight is 340 g/mol. The smallest absolute Gasteiger partial charge is 0.240 e. The van der Waals surface area contributed by atoms with Crippen LogP contribution in [0.15, 0.2) is 54.7 Å². The van der Waals surface area contributed by atoms with Crippen LogP contribution in [0.2, 0.25) is 0 Å². The topological polar surface area (TPSA) is 70.4 Å². The largest absolute Gasteiger partial charge is 0.497 e. The van der Waals surface area contributed by atoms with Crippen molar-refractivity contribution in [2.45, 2.75) is 11.8 Å². The number of benzene rings is 2. The van der Waals surface area contributed by atoms with Gasteiger partial charge < -0.3 is 4.74 Å². The van der Waals surface area contributed by atoms with Crippen molar-refractivity contribution in [3.63, 3.8) is 0 Å². The van der Waals surface area contributed by atoms with Gasteiger partial charge in [0.2, 0.25) is 10.0 Å². The van der Waals surface area contributed by atoms with E-state index in [1.54, 1.807) is 42.5 Å². The maximum Gasteiger partial charge on any atom is 0.240 e. The van der Waals surface area contributed by atoms with Crippen LogP contribution in [0.25, 0.3) is 6.08 Å². The summed E-state index contributed by atoms with van der Waals surface area (Å²) in [6.07, 6.45) is 3.16. The Morgan fingerprint density at radius 2 is 1.96 bits per heavy atom. The van der Waals surface area contributed by atoms with Crippen molar-refractivity contribution in [1.82, 2.24) is 4.31 Å². The van der Waals surface area contributed by atoms with Gasteiger partial charge in [0.1, 0.15) is 5.75 Å². The summed E-state index contributed by atoms with van der Waals surface area (Å²) in [6.45, 7) is 0. The molecule has 2 aromatic rings. The molecule has 2 aromatic carbocycles. The number of ether oxygens (including phenoxy) is 1. The fraction of sp³-hybridized carbons (Fsp3) is 0.167. The van der Waals surface area contributed by atoms with Gasteiger partial charge in [0.25, 0.3) is 0 Å². The third-order valence-corrected chi connectivity index (χ3v) is 5.55. The van der Waals surface area contributed by atoms with Gasteiger partial charge in [0.05, 0.1) is 18.9 Å². The van der Waals surface area contributed by atoms with Crippen LogP contribution in [0, 0.1) is 11.3 Å². The van der Waals surface area contributed by atoms with Gasteiger partial charge in [-0.05, 0) is 29.3 Å². The first kappa shape index (κ1) is 16.1. The van der Waals surface area contributed by atoms with Crippen LogP contribution in [0.5, 0.6) is 5.75 Å². The van der Waals surface area contributed by atoms with Crippen LogP contribution in [0.4, 0.5) is 0 Å². The number of hydrogen-bond acceptors (Lipinski definition) is 4. The molecule has 0 aliphatic carbocycles. The minimum Gasteiger partial charge on any atom is -0.497 e. The van der Waals surface area contributed by atoms with E-state index in [1.165, 1.54) is 13.3 Å². The molecular formula is C18H16N2O3S. The van der Waals surface area contributed by atoms with Crippen molar-refractivity contribution < 1.29 is 13.2 Å². The van der Waals surface area contributed by atoms with Crippen LogP contribution in [-0.2, 0) is 15.8 Å². The molecule has 5 nitrogen and oxygen atoms in total. The molecule has 0 N–H and O–H groups in total. The van der Waals surface area contributed by atoms with Gasteiger partial charge in [0.15, 0.2) is 6.04 Å². The fourth-order valence-corrected chi connectivity index (χ4v) is 4.18. The molecule has 0 radical (unpaired) electrons. The molecule has 3 rings (SSSR count). The summed E-state index contributed by atoms with van der Waals surface area (Å²) in [5.41, 5.74) is 2.11. The maximum atomic E-state index is 12.8. The molecule has 0 spiro atoms. The molecule has 1 heterocycles. The number of sulfonamides is 1. The van der Waals surface area contributed by atoms with Crippen molar-refractivity contribution >= 4 is 16.1 Å². The Bertz CT molecular complexity index is 915. The highest BCUT2D eigenvalue weighted by Crippen LogP contribution is 2.35. The highest BCUT2D eigenvalue weighted by molar-refractivity contribution is 7.88. The minimum atomic E-state index is -3.68. The lowest BCUT2D eigenvalue weighted by atomic mass is 9.98. The predicted molar refractivity (Wildman–Crippen MR) is 91.3 cm³/mol. The lowest BCUT2D eigenvalue weighted by Crippen LogP contribution is -2.32. The van der Waals surface area contributed by atoms with Crippen molar-refractivity contribution in [2.24, 2.45) is 0 Å². The molecular weight excluding hydrogens is 324 g/mol. The van der Waals surface area contributed by atoms with Crippen LogP contribution < -0.4 is 4.74 Å². The van der Waals surface area contributed by atoms with Crippen molar-refractivity contribution in [3.8, 4) is 11.8 Å². The van der Waals surface area contributed by atoms with E-state index >= 15 is 0 Å². The standard InChI is InChI=1S/C18H16N2O3S/c1-23-16-8-7-15-9-10-20(18(12-19)17(15)11-16)24(21,22)13-14-5-3-2-4-6-14/h2-11,18H,13H2,1H3. The van der Waals surface area contributed by atoms with Gasteiger partial charge in [0, 0.05) is 11.8 Å². The van der Waals surface area contributed by atoms with Crippen molar-refractivity contribution in [3.05, 3.63) is 71.4 Å². The molecule has 6 heteroatoms. The number of nitrogens with zero attached hydrogens (tertiary/aromatic N) is 2. The fourth-order valence-electron chi connectivity index (χ4n) is 2.68. The monoisotopic (exact) mass is 340 g/mol. The van der Waals surface area contributed by atoms with Crippen LogP contribution >= 0.6 is 0 Å². The Morgan fingerprint density at radius 3 is 2.62 bits per heavy atom. The number of rotatable bonds is 4. The lowest BCUT2D eigenvalue weighted by Gasteiger charge is -2.29. The zero-order valence-corrected chi connectivity index (χ0v) is 13.9. The third-order valence-electron chi connectivity index (χ3n) is 3.88. The van der Waals surface area contributed by atoms with Gasteiger partial charge in [-0.15, -0.1) is 0 Å². The maximum absolute atomic E-state index is 12.8. The summed E-state index contributed by atoms with van der Waals surface area (Å²) in [5.74, 6) is 0.431. The minimum absolute atomic E-state index is 0.157. The third kappa shape index (κ3) is 2.99. The van der Waals surface area contributed by atoms with E-state index in [1.807, 2.05) is 12.1 Å². The molecule has 24 heavy (non-hydrogen) atoms. The Kier molecular flexibility index (Phi) is 4.28. The van der Waals surface area contributed by atoms with Crippen molar-refractivity contribution in [1.29, 1.82) is 5.26 Å². The Hall–Kier alpha value is -2.78. The van der Waals surface area contributed by atoms with E-state index in [2.05, 4.69) is 6.07 Å². The number of nitriles is 1. The quantitative estimate of drug-likeness (QED) is 0.857. The Balaban J connectivity index is 1.98. The first-order valence-corrected chi connectivity index (χ1v) is 8.97. The van der Waals surface area contributed by atoms with E-state index in [-0.39, 0.29) is 5.75 Å². The highest BCUT2D eigenvalue weighted by atomic mass is 32.2. The van der Waals surface area contributed by atoms with E-state index in [4.69, 9.17) is 4.74 Å². The lowest BCUT2D eigenvalue weighted by molar-refractivity contribution is 0.411. The van der Waals surface area contributed by atoms with Crippen LogP contribution in [0.3, 0.4) is 0 Å². The molecule has 1 aliphatic rings. The zero-order chi connectivity index (χ0) is 17.2. The Morgan fingerprint density at radius 1 is 1.21 bits per heavy atom. The van der Waals surface area contributed by atoms with Gasteiger partial charge in [-0.25, -0.2) is 8.42 Å². The summed E-state index contributed by atoms with van der Waals surface area (Å²) in [6, 6.07) is 15.4. The molecule has 1 aliphatic heterocycles. The molecule has 1 unspecified atom stereocenters. The SMILES string of the molecule is COc1ccc2c(c1)C(C#N)N(S(=O)(=O)Cc1ccccc1)C=C2. The molecule has 1 atom stereocenters. The van der Waals surface area contributed by atoms with Crippen LogP contribution in [0.1, 0.15) is 22.7 Å². The summed E-state index contributed by atoms with van der Waals surface area (Å²) in [7, 11) is -2.14. The van der Waals surface area contributed by atoms with Gasteiger partial charge in [-0.3, -0.25) is 4.31 Å². The molecule has 0 amide bonds. The second-order valence-electron chi connectivity index (χ2n) is 5.41. The number of methoxy groups -OCH3 is 1. The van der Waals surface area contributed by atoms with E-state index in [0.29, 0.717) is 16.9 Å². The van der Waals surface area contributed by atoms with Gasteiger partial charge in [-0.2, -0.15) is 5.26 Å². The normalized spacial score (nSPS) is 16.3. The summed E-state index contributed by atoms with van der Waals surface area (Å²) in [4.78, 5) is 0. The molecule has 0 saturated heterocycles. The molecule has 122 valence electrons. The number of fused-ring (bicyclic) bond motifs is 1. The second-order valence-corrected chi connectivity index (χ2v) is 7.29. The van der Waals surface area contributed by atoms with E-state index < -0.39 is 16.1 Å². The highest BCUT2D eigenvalue weighted by Gasteiger charge is 2.32. The molecule has 0 fully saturated rings. The Labute approximate surface area is 141 Å². The van der Waals surface area contributed by atoms with E-state index in [0.717, 1.165) is 9.87 Å². The van der Waals surface area contributed by atoms with Gasteiger partial charge in [-0.1, -0.05) is 36.4 Å². The number of hydrogen-bond donors (Lipinski definition) is 0. The first-order valence-electron chi connectivity index (χ1n) is 7.36. The van der Waals surface area contributed by atoms with Crippen LogP contribution in [-0.4, -0.2) is 19.8 Å². The van der Waals surface area contributed by atoms with E-state index in [9.17, 15) is 13.7 Å². The van der Waals surface area contributed by atoms with Gasteiger partial charge >= 0.3 is 0 Å². The molecule has 0 aromatic heterocycles. The average Bonchev–Trinajstić information content (AvgIpc) is 2.60. The molecule has 0 bridgehead atoms. The predicted octanol–water partition coefficient (Wildman–Crippen LogP) is 3.08. The molecule has 0 saturated carbocycles. The second kappa shape index (κ2) is 6.38. The zero-order valence-electron chi connectivity index (χ0n) is 13.1. The summed E-state index contributed by atoms with van der Waals surface area (Å²) in [5, 5.41) is 9.57. The van der Waals surface area contributed by atoms with Crippen molar-refractivity contribution in [2.75, 3.05) is 7.11 Å². The first-order chi connectivity index (χ1) is 11.5. The summed E-state index contributed by atoms with van der Waals surface area (Å²) < 4.78 is 31.9.